The monoisotopic (exact) mass is 353 g/mol. The summed E-state index contributed by atoms with van der Waals surface area (Å²) in [7, 11) is 1.62. The summed E-state index contributed by atoms with van der Waals surface area (Å²) < 4.78 is 4.96. The quantitative estimate of drug-likeness (QED) is 0.756. The first kappa shape index (κ1) is 17.1. The summed E-state index contributed by atoms with van der Waals surface area (Å²) in [6.07, 6.45) is 3.29. The van der Waals surface area contributed by atoms with Gasteiger partial charge in [-0.2, -0.15) is 0 Å². The molecule has 1 aromatic rings. The summed E-state index contributed by atoms with van der Waals surface area (Å²) in [5, 5.41) is 12.8. The number of amides is 2. The number of aromatic nitrogens is 2. The van der Waals surface area contributed by atoms with Gasteiger partial charge in [0.05, 0.1) is 12.5 Å². The summed E-state index contributed by atoms with van der Waals surface area (Å²) in [5.41, 5.74) is 0. The van der Waals surface area contributed by atoms with Crippen LogP contribution in [-0.4, -0.2) is 61.9 Å². The molecule has 24 heavy (non-hydrogen) atoms. The lowest BCUT2D eigenvalue weighted by molar-refractivity contribution is -0.125. The van der Waals surface area contributed by atoms with Crippen LogP contribution in [0.4, 0.5) is 10.3 Å². The van der Waals surface area contributed by atoms with Crippen molar-refractivity contribution in [2.75, 3.05) is 49.7 Å². The Bertz CT molecular complexity index is 593. The van der Waals surface area contributed by atoms with Crippen LogP contribution in [0.2, 0.25) is 0 Å². The third-order valence-corrected chi connectivity index (χ3v) is 5.38. The molecule has 3 heterocycles. The Morgan fingerprint density at radius 3 is 2.92 bits per heavy atom. The van der Waals surface area contributed by atoms with Crippen LogP contribution in [-0.2, 0) is 14.3 Å². The van der Waals surface area contributed by atoms with E-state index in [0.717, 1.165) is 37.5 Å². The second-order valence-electron chi connectivity index (χ2n) is 6.09. The molecule has 2 aliphatic rings. The smallest absolute Gasteiger partial charge is 0.228 e. The van der Waals surface area contributed by atoms with Gasteiger partial charge in [-0.05, 0) is 19.3 Å². The fourth-order valence-electron chi connectivity index (χ4n) is 3.08. The minimum Gasteiger partial charge on any atom is -0.383 e. The second kappa shape index (κ2) is 7.89. The highest BCUT2D eigenvalue weighted by molar-refractivity contribution is 7.19. The molecule has 2 fully saturated rings. The van der Waals surface area contributed by atoms with Crippen LogP contribution in [0, 0.1) is 5.92 Å². The third kappa shape index (κ3) is 3.84. The highest BCUT2D eigenvalue weighted by Crippen LogP contribution is 2.32. The van der Waals surface area contributed by atoms with Gasteiger partial charge in [0.15, 0.2) is 0 Å². The average molecular weight is 353 g/mol. The Morgan fingerprint density at radius 1 is 1.33 bits per heavy atom. The van der Waals surface area contributed by atoms with Crippen LogP contribution in [0.15, 0.2) is 0 Å². The van der Waals surface area contributed by atoms with E-state index in [0.29, 0.717) is 31.2 Å². The van der Waals surface area contributed by atoms with Crippen molar-refractivity contribution >= 4 is 33.4 Å². The number of hydrogen-bond acceptors (Lipinski definition) is 7. The number of piperidine rings is 1. The summed E-state index contributed by atoms with van der Waals surface area (Å²) in [4.78, 5) is 27.9. The van der Waals surface area contributed by atoms with E-state index in [9.17, 15) is 9.59 Å². The van der Waals surface area contributed by atoms with Crippen LogP contribution in [0.25, 0.3) is 0 Å². The number of anilines is 2. The maximum Gasteiger partial charge on any atom is 0.228 e. The zero-order chi connectivity index (χ0) is 16.9. The third-order valence-electron chi connectivity index (χ3n) is 4.38. The average Bonchev–Trinajstić information content (AvgIpc) is 3.24. The van der Waals surface area contributed by atoms with Gasteiger partial charge in [0.1, 0.15) is 0 Å². The minimum absolute atomic E-state index is 0.0450. The van der Waals surface area contributed by atoms with E-state index in [1.807, 2.05) is 0 Å². The second-order valence-corrected chi connectivity index (χ2v) is 7.02. The van der Waals surface area contributed by atoms with Gasteiger partial charge in [-0.15, -0.1) is 10.2 Å². The number of ether oxygens (including phenoxy) is 1. The molecule has 0 aliphatic carbocycles. The summed E-state index contributed by atoms with van der Waals surface area (Å²) in [6.45, 7) is 3.28. The molecular formula is C15H23N5O3S. The van der Waals surface area contributed by atoms with Gasteiger partial charge >= 0.3 is 0 Å². The Balaban J connectivity index is 1.59. The van der Waals surface area contributed by atoms with Gasteiger partial charge in [-0.3, -0.25) is 14.5 Å². The van der Waals surface area contributed by atoms with Crippen molar-refractivity contribution in [3.8, 4) is 0 Å². The maximum atomic E-state index is 12.2. The fraction of sp³-hybridized carbons (Fsp3) is 0.733. The van der Waals surface area contributed by atoms with Crippen LogP contribution in [0.5, 0.6) is 0 Å². The predicted molar refractivity (Wildman–Crippen MR) is 91.3 cm³/mol. The molecule has 2 saturated heterocycles. The molecule has 9 heteroatoms. The molecule has 0 spiro atoms. The first-order valence-electron chi connectivity index (χ1n) is 8.34. The lowest BCUT2D eigenvalue weighted by atomic mass is 9.97. The highest BCUT2D eigenvalue weighted by atomic mass is 32.1. The Hall–Kier alpha value is -1.74. The SMILES string of the molecule is COCCNC(=O)[C@@H]1CCCN(c2nnc(N3CCCC3=O)s2)C1. The number of nitrogens with zero attached hydrogens (tertiary/aromatic N) is 4. The van der Waals surface area contributed by atoms with Gasteiger partial charge in [-0.25, -0.2) is 0 Å². The summed E-state index contributed by atoms with van der Waals surface area (Å²) >= 11 is 1.43. The zero-order valence-electron chi connectivity index (χ0n) is 13.9. The van der Waals surface area contributed by atoms with Crippen molar-refractivity contribution in [1.82, 2.24) is 15.5 Å². The van der Waals surface area contributed by atoms with Crippen LogP contribution in [0.1, 0.15) is 25.7 Å². The number of carbonyl (C=O) groups is 2. The molecule has 0 bridgehead atoms. The standard InChI is InChI=1S/C15H23N5O3S/c1-23-9-6-16-13(22)11-4-2-7-19(10-11)14-17-18-15(24-14)20-8-3-5-12(20)21/h11H,2-10H2,1H3,(H,16,22)/t11-/m1/s1. The Kier molecular flexibility index (Phi) is 5.62. The van der Waals surface area contributed by atoms with Crippen LogP contribution < -0.4 is 15.1 Å². The van der Waals surface area contributed by atoms with Crippen molar-refractivity contribution < 1.29 is 14.3 Å². The molecule has 0 aromatic carbocycles. The molecule has 132 valence electrons. The highest BCUT2D eigenvalue weighted by Gasteiger charge is 2.29. The van der Waals surface area contributed by atoms with E-state index >= 15 is 0 Å². The number of carbonyl (C=O) groups excluding carboxylic acids is 2. The molecule has 1 N–H and O–H groups in total. The van der Waals surface area contributed by atoms with Crippen LogP contribution in [0.3, 0.4) is 0 Å². The molecule has 0 unspecified atom stereocenters. The number of methoxy groups -OCH3 is 1. The van der Waals surface area contributed by atoms with Gasteiger partial charge in [0.25, 0.3) is 0 Å². The number of rotatable bonds is 6. The summed E-state index contributed by atoms with van der Waals surface area (Å²) in [5.74, 6) is 0.138. The van der Waals surface area contributed by atoms with Gasteiger partial charge in [0, 0.05) is 39.7 Å². The lowest BCUT2D eigenvalue weighted by Crippen LogP contribution is -2.43. The maximum absolute atomic E-state index is 12.2. The molecule has 2 aliphatic heterocycles. The molecule has 1 aromatic heterocycles. The molecular weight excluding hydrogens is 330 g/mol. The van der Waals surface area contributed by atoms with E-state index in [1.165, 1.54) is 11.3 Å². The van der Waals surface area contributed by atoms with E-state index < -0.39 is 0 Å². The van der Waals surface area contributed by atoms with Crippen LogP contribution >= 0.6 is 11.3 Å². The van der Waals surface area contributed by atoms with Crippen molar-refractivity contribution in [2.45, 2.75) is 25.7 Å². The Morgan fingerprint density at radius 2 is 2.17 bits per heavy atom. The van der Waals surface area contributed by atoms with Crippen molar-refractivity contribution in [3.05, 3.63) is 0 Å². The summed E-state index contributed by atoms with van der Waals surface area (Å²) in [6, 6.07) is 0. The minimum atomic E-state index is -0.0450. The lowest BCUT2D eigenvalue weighted by Gasteiger charge is -2.31. The van der Waals surface area contributed by atoms with Gasteiger partial charge < -0.3 is 15.0 Å². The van der Waals surface area contributed by atoms with E-state index in [4.69, 9.17) is 4.74 Å². The normalized spacial score (nSPS) is 21.4. The topological polar surface area (TPSA) is 87.7 Å². The van der Waals surface area contributed by atoms with Crippen molar-refractivity contribution in [2.24, 2.45) is 5.92 Å². The molecule has 0 radical (unpaired) electrons. The van der Waals surface area contributed by atoms with Gasteiger partial charge in [0.2, 0.25) is 22.1 Å². The van der Waals surface area contributed by atoms with E-state index in [-0.39, 0.29) is 17.7 Å². The van der Waals surface area contributed by atoms with Crippen molar-refractivity contribution in [3.63, 3.8) is 0 Å². The molecule has 8 nitrogen and oxygen atoms in total. The van der Waals surface area contributed by atoms with Crippen molar-refractivity contribution in [1.29, 1.82) is 0 Å². The molecule has 2 amide bonds. The predicted octanol–water partition coefficient (Wildman–Crippen LogP) is 0.644. The first-order chi connectivity index (χ1) is 11.7. The van der Waals surface area contributed by atoms with E-state index in [1.54, 1.807) is 12.0 Å². The fourth-order valence-corrected chi connectivity index (χ4v) is 4.01. The van der Waals surface area contributed by atoms with E-state index in [2.05, 4.69) is 20.4 Å². The van der Waals surface area contributed by atoms with Gasteiger partial charge in [-0.1, -0.05) is 11.3 Å². The Labute approximate surface area is 145 Å². The zero-order valence-corrected chi connectivity index (χ0v) is 14.7. The molecule has 0 saturated carbocycles. The largest absolute Gasteiger partial charge is 0.383 e. The number of nitrogens with one attached hydrogen (secondary N) is 1. The first-order valence-corrected chi connectivity index (χ1v) is 9.16. The molecule has 3 rings (SSSR count). The number of hydrogen-bond donors (Lipinski definition) is 1. The molecule has 1 atom stereocenters.